The summed E-state index contributed by atoms with van der Waals surface area (Å²) in [7, 11) is 0. The van der Waals surface area contributed by atoms with Crippen molar-refractivity contribution in [2.75, 3.05) is 6.54 Å². The lowest BCUT2D eigenvalue weighted by Crippen LogP contribution is -2.44. The van der Waals surface area contributed by atoms with Gasteiger partial charge in [0.1, 0.15) is 0 Å². The summed E-state index contributed by atoms with van der Waals surface area (Å²) in [6.07, 6.45) is 0. The van der Waals surface area contributed by atoms with E-state index >= 15 is 0 Å². The molecule has 0 aromatic carbocycles. The first-order chi connectivity index (χ1) is 7.87. The second-order valence-corrected chi connectivity index (χ2v) is 5.17. The quantitative estimate of drug-likeness (QED) is 0.829. The Hall–Kier alpha value is -1.42. The van der Waals surface area contributed by atoms with Gasteiger partial charge >= 0.3 is 0 Å². The number of aryl methyl sites for hydroxylation is 1. The molecule has 0 aliphatic rings. The third kappa shape index (κ3) is 6.02. The minimum Gasteiger partial charge on any atom is -0.350 e. The van der Waals surface area contributed by atoms with Gasteiger partial charge in [-0.25, -0.2) is 0 Å². The molecule has 17 heavy (non-hydrogen) atoms. The Bertz CT molecular complexity index is 382. The van der Waals surface area contributed by atoms with Crippen LogP contribution < -0.4 is 10.6 Å². The van der Waals surface area contributed by atoms with Gasteiger partial charge in [0.25, 0.3) is 0 Å². The molecule has 0 spiro atoms. The van der Waals surface area contributed by atoms with Gasteiger partial charge in [-0.15, -0.1) is 0 Å². The van der Waals surface area contributed by atoms with E-state index in [4.69, 9.17) is 0 Å². The fourth-order valence-corrected chi connectivity index (χ4v) is 1.46. The van der Waals surface area contributed by atoms with Crippen molar-refractivity contribution < 1.29 is 4.79 Å². The second-order valence-electron chi connectivity index (χ2n) is 5.17. The number of nitrogens with one attached hydrogen (secondary N) is 2. The molecule has 0 aliphatic heterocycles. The van der Waals surface area contributed by atoms with E-state index in [0.29, 0.717) is 13.1 Å². The number of pyridine rings is 1. The lowest BCUT2D eigenvalue weighted by molar-refractivity contribution is -0.121. The smallest absolute Gasteiger partial charge is 0.234 e. The molecule has 4 heteroatoms. The Labute approximate surface area is 103 Å². The molecule has 1 rings (SSSR count). The van der Waals surface area contributed by atoms with Gasteiger partial charge in [-0.05, 0) is 39.8 Å². The lowest BCUT2D eigenvalue weighted by Gasteiger charge is -2.20. The summed E-state index contributed by atoms with van der Waals surface area (Å²) in [4.78, 5) is 15.9. The summed E-state index contributed by atoms with van der Waals surface area (Å²) >= 11 is 0. The SMILES string of the molecule is Cc1cccc(CNCC(=O)NC(C)(C)C)n1. The van der Waals surface area contributed by atoms with E-state index in [0.717, 1.165) is 11.4 Å². The van der Waals surface area contributed by atoms with Gasteiger partial charge in [0.05, 0.1) is 12.2 Å². The van der Waals surface area contributed by atoms with Crippen molar-refractivity contribution in [3.8, 4) is 0 Å². The highest BCUT2D eigenvalue weighted by Crippen LogP contribution is 1.98. The van der Waals surface area contributed by atoms with Crippen LogP contribution in [0.1, 0.15) is 32.2 Å². The van der Waals surface area contributed by atoms with Crippen LogP contribution in [0, 0.1) is 6.92 Å². The minimum atomic E-state index is -0.180. The van der Waals surface area contributed by atoms with Crippen molar-refractivity contribution in [2.45, 2.75) is 39.8 Å². The van der Waals surface area contributed by atoms with Crippen LogP contribution in [-0.4, -0.2) is 23.0 Å². The molecule has 0 saturated carbocycles. The molecule has 0 unspecified atom stereocenters. The number of amides is 1. The maximum atomic E-state index is 11.5. The van der Waals surface area contributed by atoms with Gasteiger partial charge in [-0.2, -0.15) is 0 Å². The number of carbonyl (C=O) groups is 1. The standard InChI is InChI=1S/C13H21N3O/c1-10-6-5-7-11(15-10)8-14-9-12(17)16-13(2,3)4/h5-7,14H,8-9H2,1-4H3,(H,16,17). The van der Waals surface area contributed by atoms with E-state index < -0.39 is 0 Å². The van der Waals surface area contributed by atoms with E-state index in [2.05, 4.69) is 15.6 Å². The normalized spacial score (nSPS) is 11.3. The molecular weight excluding hydrogens is 214 g/mol. The van der Waals surface area contributed by atoms with Crippen LogP contribution in [0.2, 0.25) is 0 Å². The van der Waals surface area contributed by atoms with E-state index in [1.54, 1.807) is 0 Å². The molecular formula is C13H21N3O. The van der Waals surface area contributed by atoms with Crippen molar-refractivity contribution in [2.24, 2.45) is 0 Å². The number of nitrogens with zero attached hydrogens (tertiary/aromatic N) is 1. The topological polar surface area (TPSA) is 54.0 Å². The van der Waals surface area contributed by atoms with Gasteiger partial charge in [-0.3, -0.25) is 9.78 Å². The van der Waals surface area contributed by atoms with Crippen LogP contribution in [0.25, 0.3) is 0 Å². The maximum Gasteiger partial charge on any atom is 0.234 e. The molecule has 0 radical (unpaired) electrons. The maximum absolute atomic E-state index is 11.5. The average Bonchev–Trinajstić information content (AvgIpc) is 2.14. The summed E-state index contributed by atoms with van der Waals surface area (Å²) in [5.41, 5.74) is 1.76. The summed E-state index contributed by atoms with van der Waals surface area (Å²) in [5, 5.41) is 5.97. The number of carbonyl (C=O) groups excluding carboxylic acids is 1. The van der Waals surface area contributed by atoms with E-state index in [1.165, 1.54) is 0 Å². The van der Waals surface area contributed by atoms with E-state index in [-0.39, 0.29) is 11.4 Å². The first kappa shape index (κ1) is 13.6. The monoisotopic (exact) mass is 235 g/mol. The predicted octanol–water partition coefficient (Wildman–Crippen LogP) is 1.39. The molecule has 1 amide bonds. The Kier molecular flexibility index (Phi) is 4.63. The van der Waals surface area contributed by atoms with Gasteiger partial charge in [0.2, 0.25) is 5.91 Å². The molecule has 94 valence electrons. The van der Waals surface area contributed by atoms with E-state index in [1.807, 2.05) is 45.9 Å². The third-order valence-corrected chi connectivity index (χ3v) is 2.05. The van der Waals surface area contributed by atoms with Gasteiger partial charge in [0.15, 0.2) is 0 Å². The van der Waals surface area contributed by atoms with Crippen LogP contribution in [0.15, 0.2) is 18.2 Å². The number of rotatable bonds is 4. The molecule has 0 saturated heterocycles. The fourth-order valence-electron chi connectivity index (χ4n) is 1.46. The predicted molar refractivity (Wildman–Crippen MR) is 68.6 cm³/mol. The highest BCUT2D eigenvalue weighted by atomic mass is 16.2. The van der Waals surface area contributed by atoms with Crippen molar-refractivity contribution in [1.29, 1.82) is 0 Å². The molecule has 4 nitrogen and oxygen atoms in total. The van der Waals surface area contributed by atoms with Crippen LogP contribution in [0.5, 0.6) is 0 Å². The fraction of sp³-hybridized carbons (Fsp3) is 0.538. The highest BCUT2D eigenvalue weighted by molar-refractivity contribution is 5.78. The highest BCUT2D eigenvalue weighted by Gasteiger charge is 2.12. The molecule has 1 heterocycles. The summed E-state index contributed by atoms with van der Waals surface area (Å²) in [6.45, 7) is 8.77. The molecule has 1 aromatic heterocycles. The van der Waals surface area contributed by atoms with Gasteiger partial charge in [-0.1, -0.05) is 6.07 Å². The summed E-state index contributed by atoms with van der Waals surface area (Å²) in [5.74, 6) is 0.00477. The summed E-state index contributed by atoms with van der Waals surface area (Å²) in [6, 6.07) is 5.87. The minimum absolute atomic E-state index is 0.00477. The van der Waals surface area contributed by atoms with Crippen molar-refractivity contribution in [3.05, 3.63) is 29.6 Å². The number of hydrogen-bond donors (Lipinski definition) is 2. The Balaban J connectivity index is 2.31. The second kappa shape index (κ2) is 5.77. The zero-order valence-corrected chi connectivity index (χ0v) is 11.0. The van der Waals surface area contributed by atoms with Crippen molar-refractivity contribution in [1.82, 2.24) is 15.6 Å². The first-order valence-corrected chi connectivity index (χ1v) is 5.81. The molecule has 1 aromatic rings. The average molecular weight is 235 g/mol. The molecule has 0 bridgehead atoms. The molecule has 2 N–H and O–H groups in total. The molecule has 0 fully saturated rings. The summed E-state index contributed by atoms with van der Waals surface area (Å²) < 4.78 is 0. The van der Waals surface area contributed by atoms with Crippen molar-refractivity contribution in [3.63, 3.8) is 0 Å². The van der Waals surface area contributed by atoms with Crippen LogP contribution in [-0.2, 0) is 11.3 Å². The lowest BCUT2D eigenvalue weighted by atomic mass is 10.1. The molecule has 0 atom stereocenters. The Morgan fingerprint density at radius 3 is 2.65 bits per heavy atom. The zero-order valence-electron chi connectivity index (χ0n) is 11.0. The first-order valence-electron chi connectivity index (χ1n) is 5.81. The third-order valence-electron chi connectivity index (χ3n) is 2.05. The largest absolute Gasteiger partial charge is 0.350 e. The molecule has 0 aliphatic carbocycles. The van der Waals surface area contributed by atoms with E-state index in [9.17, 15) is 4.79 Å². The van der Waals surface area contributed by atoms with Crippen LogP contribution >= 0.6 is 0 Å². The van der Waals surface area contributed by atoms with Crippen LogP contribution in [0.4, 0.5) is 0 Å². The van der Waals surface area contributed by atoms with Crippen molar-refractivity contribution >= 4 is 5.91 Å². The van der Waals surface area contributed by atoms with Gasteiger partial charge in [0, 0.05) is 17.8 Å². The Morgan fingerprint density at radius 1 is 1.35 bits per heavy atom. The van der Waals surface area contributed by atoms with Crippen LogP contribution in [0.3, 0.4) is 0 Å². The zero-order chi connectivity index (χ0) is 12.9. The Morgan fingerprint density at radius 2 is 2.06 bits per heavy atom. The number of aromatic nitrogens is 1. The van der Waals surface area contributed by atoms with Gasteiger partial charge < -0.3 is 10.6 Å². The number of hydrogen-bond acceptors (Lipinski definition) is 3.